The zero-order chi connectivity index (χ0) is 13.8. The summed E-state index contributed by atoms with van der Waals surface area (Å²) < 4.78 is 0. The van der Waals surface area contributed by atoms with Crippen molar-refractivity contribution in [1.82, 2.24) is 4.90 Å². The molecule has 0 aromatic heterocycles. The van der Waals surface area contributed by atoms with Crippen molar-refractivity contribution < 1.29 is 0 Å². The van der Waals surface area contributed by atoms with Crippen molar-refractivity contribution >= 4 is 11.6 Å². The molecule has 0 radical (unpaired) electrons. The summed E-state index contributed by atoms with van der Waals surface area (Å²) in [6, 6.07) is 8.21. The van der Waals surface area contributed by atoms with Crippen molar-refractivity contribution in [2.24, 2.45) is 11.5 Å². The molecule has 1 aliphatic rings. The Morgan fingerprint density at radius 1 is 1.32 bits per heavy atom. The van der Waals surface area contributed by atoms with Crippen LogP contribution in [0.2, 0.25) is 5.02 Å². The van der Waals surface area contributed by atoms with Gasteiger partial charge in [0.15, 0.2) is 0 Å². The SMILES string of the molecule is C=C(N)[C@H](CN1CCC(N)CC1)c1ccc(Cl)cc1. The fraction of sp³-hybridized carbons (Fsp3) is 0.467. The van der Waals surface area contributed by atoms with Crippen LogP contribution in [0.4, 0.5) is 0 Å². The summed E-state index contributed by atoms with van der Waals surface area (Å²) in [5.74, 6) is 0.159. The predicted molar refractivity (Wildman–Crippen MR) is 81.2 cm³/mol. The van der Waals surface area contributed by atoms with E-state index in [0.717, 1.165) is 37.5 Å². The Bertz CT molecular complexity index is 422. The van der Waals surface area contributed by atoms with Crippen LogP contribution >= 0.6 is 11.6 Å². The summed E-state index contributed by atoms with van der Waals surface area (Å²) in [6.07, 6.45) is 2.12. The third-order valence-electron chi connectivity index (χ3n) is 3.79. The second-order valence-corrected chi connectivity index (χ2v) is 5.75. The van der Waals surface area contributed by atoms with Crippen molar-refractivity contribution in [3.63, 3.8) is 0 Å². The molecular weight excluding hydrogens is 258 g/mol. The summed E-state index contributed by atoms with van der Waals surface area (Å²) in [7, 11) is 0. The van der Waals surface area contributed by atoms with Gasteiger partial charge in [0.1, 0.15) is 0 Å². The van der Waals surface area contributed by atoms with Crippen molar-refractivity contribution in [1.29, 1.82) is 0 Å². The lowest BCUT2D eigenvalue weighted by Gasteiger charge is -2.33. The first kappa shape index (κ1) is 14.4. The van der Waals surface area contributed by atoms with Crippen LogP contribution in [0.25, 0.3) is 0 Å². The van der Waals surface area contributed by atoms with Gasteiger partial charge >= 0.3 is 0 Å². The lowest BCUT2D eigenvalue weighted by molar-refractivity contribution is 0.207. The molecule has 3 nitrogen and oxygen atoms in total. The van der Waals surface area contributed by atoms with Gasteiger partial charge in [-0.15, -0.1) is 0 Å². The second-order valence-electron chi connectivity index (χ2n) is 5.32. The van der Waals surface area contributed by atoms with E-state index in [1.54, 1.807) is 0 Å². The van der Waals surface area contributed by atoms with E-state index in [0.29, 0.717) is 11.7 Å². The molecule has 0 unspecified atom stereocenters. The van der Waals surface area contributed by atoms with Gasteiger partial charge in [0.05, 0.1) is 0 Å². The number of benzene rings is 1. The fourth-order valence-corrected chi connectivity index (χ4v) is 2.65. The fourth-order valence-electron chi connectivity index (χ4n) is 2.53. The zero-order valence-electron chi connectivity index (χ0n) is 11.2. The van der Waals surface area contributed by atoms with E-state index in [2.05, 4.69) is 11.5 Å². The molecular formula is C15H22ClN3. The molecule has 1 aromatic carbocycles. The van der Waals surface area contributed by atoms with Gasteiger partial charge in [0.25, 0.3) is 0 Å². The van der Waals surface area contributed by atoms with Gasteiger partial charge in [0, 0.05) is 29.2 Å². The highest BCUT2D eigenvalue weighted by Gasteiger charge is 2.21. The van der Waals surface area contributed by atoms with E-state index in [1.165, 1.54) is 5.56 Å². The Kier molecular flexibility index (Phi) is 4.86. The van der Waals surface area contributed by atoms with E-state index >= 15 is 0 Å². The minimum Gasteiger partial charge on any atom is -0.402 e. The molecule has 4 N–H and O–H groups in total. The van der Waals surface area contributed by atoms with Gasteiger partial charge in [-0.2, -0.15) is 0 Å². The van der Waals surface area contributed by atoms with Crippen molar-refractivity contribution in [3.8, 4) is 0 Å². The maximum atomic E-state index is 5.97. The molecule has 0 bridgehead atoms. The lowest BCUT2D eigenvalue weighted by Crippen LogP contribution is -2.41. The highest BCUT2D eigenvalue weighted by atomic mass is 35.5. The molecule has 1 aliphatic heterocycles. The molecule has 19 heavy (non-hydrogen) atoms. The quantitative estimate of drug-likeness (QED) is 0.889. The third-order valence-corrected chi connectivity index (χ3v) is 4.04. The Balaban J connectivity index is 2.04. The number of hydrogen-bond donors (Lipinski definition) is 2. The van der Waals surface area contributed by atoms with E-state index in [-0.39, 0.29) is 5.92 Å². The highest BCUT2D eigenvalue weighted by Crippen LogP contribution is 2.24. The molecule has 0 aliphatic carbocycles. The van der Waals surface area contributed by atoms with Crippen molar-refractivity contribution in [3.05, 3.63) is 47.1 Å². The van der Waals surface area contributed by atoms with Gasteiger partial charge in [-0.25, -0.2) is 0 Å². The summed E-state index contributed by atoms with van der Waals surface area (Å²) in [5, 5.41) is 0.745. The van der Waals surface area contributed by atoms with Crippen LogP contribution in [0.3, 0.4) is 0 Å². The Hall–Kier alpha value is -1.03. The van der Waals surface area contributed by atoms with Gasteiger partial charge < -0.3 is 16.4 Å². The van der Waals surface area contributed by atoms with Crippen LogP contribution in [0.15, 0.2) is 36.5 Å². The summed E-state index contributed by atoms with van der Waals surface area (Å²) in [5.41, 5.74) is 13.8. The first-order valence-electron chi connectivity index (χ1n) is 6.74. The Morgan fingerprint density at radius 3 is 2.42 bits per heavy atom. The normalized spacial score (nSPS) is 19.3. The first-order valence-corrected chi connectivity index (χ1v) is 7.11. The molecule has 104 valence electrons. The standard InChI is InChI=1S/C15H22ClN3/c1-11(17)15(12-2-4-13(16)5-3-12)10-19-8-6-14(18)7-9-19/h2-5,14-15H,1,6-10,17-18H2/t15-/m0/s1. The molecule has 4 heteroatoms. The molecule has 1 saturated heterocycles. The molecule has 0 saturated carbocycles. The van der Waals surface area contributed by atoms with E-state index in [1.807, 2.05) is 24.3 Å². The molecule has 1 atom stereocenters. The first-order chi connectivity index (χ1) is 9.06. The van der Waals surface area contributed by atoms with E-state index < -0.39 is 0 Å². The maximum absolute atomic E-state index is 5.97. The molecule has 2 rings (SSSR count). The smallest absolute Gasteiger partial charge is 0.0406 e. The molecule has 0 spiro atoms. The number of piperidine rings is 1. The summed E-state index contributed by atoms with van der Waals surface area (Å²) in [6.45, 7) is 6.92. The second kappa shape index (κ2) is 6.42. The Morgan fingerprint density at radius 2 is 1.89 bits per heavy atom. The van der Waals surface area contributed by atoms with Gasteiger partial charge in [-0.05, 0) is 43.6 Å². The van der Waals surface area contributed by atoms with Crippen LogP contribution in [-0.4, -0.2) is 30.6 Å². The van der Waals surface area contributed by atoms with E-state index in [9.17, 15) is 0 Å². The maximum Gasteiger partial charge on any atom is 0.0406 e. The average molecular weight is 280 g/mol. The minimum atomic E-state index is 0.159. The molecule has 1 fully saturated rings. The number of hydrogen-bond acceptors (Lipinski definition) is 3. The predicted octanol–water partition coefficient (Wildman–Crippen LogP) is 2.32. The van der Waals surface area contributed by atoms with Crippen LogP contribution < -0.4 is 11.5 Å². The van der Waals surface area contributed by atoms with Gasteiger partial charge in [-0.3, -0.25) is 0 Å². The molecule has 0 amide bonds. The van der Waals surface area contributed by atoms with Crippen LogP contribution in [0, 0.1) is 0 Å². The number of nitrogens with two attached hydrogens (primary N) is 2. The van der Waals surface area contributed by atoms with Gasteiger partial charge in [-0.1, -0.05) is 30.3 Å². The summed E-state index contributed by atoms with van der Waals surface area (Å²) in [4.78, 5) is 2.42. The molecule has 1 heterocycles. The van der Waals surface area contributed by atoms with Crippen molar-refractivity contribution in [2.45, 2.75) is 24.8 Å². The number of nitrogens with zero attached hydrogens (tertiary/aromatic N) is 1. The van der Waals surface area contributed by atoms with Crippen LogP contribution in [-0.2, 0) is 0 Å². The Labute approximate surface area is 120 Å². The van der Waals surface area contributed by atoms with Crippen LogP contribution in [0.5, 0.6) is 0 Å². The average Bonchev–Trinajstić information content (AvgIpc) is 2.39. The number of rotatable bonds is 4. The third kappa shape index (κ3) is 3.96. The zero-order valence-corrected chi connectivity index (χ0v) is 11.9. The monoisotopic (exact) mass is 279 g/mol. The topological polar surface area (TPSA) is 55.3 Å². The van der Waals surface area contributed by atoms with Gasteiger partial charge in [0.2, 0.25) is 0 Å². The van der Waals surface area contributed by atoms with E-state index in [4.69, 9.17) is 23.1 Å². The van der Waals surface area contributed by atoms with Crippen LogP contribution in [0.1, 0.15) is 24.3 Å². The summed E-state index contributed by atoms with van der Waals surface area (Å²) >= 11 is 5.93. The lowest BCUT2D eigenvalue weighted by atomic mass is 9.94. The minimum absolute atomic E-state index is 0.159. The highest BCUT2D eigenvalue weighted by molar-refractivity contribution is 6.30. The largest absolute Gasteiger partial charge is 0.402 e. The van der Waals surface area contributed by atoms with Crippen molar-refractivity contribution in [2.75, 3.05) is 19.6 Å². The molecule has 1 aromatic rings. The number of likely N-dealkylation sites (tertiary alicyclic amines) is 1. The number of halogens is 1.